The van der Waals surface area contributed by atoms with E-state index in [9.17, 15) is 4.39 Å². The predicted molar refractivity (Wildman–Crippen MR) is 74.0 cm³/mol. The lowest BCUT2D eigenvalue weighted by Crippen LogP contribution is -2.08. The van der Waals surface area contributed by atoms with Crippen LogP contribution in [0.2, 0.25) is 0 Å². The van der Waals surface area contributed by atoms with Gasteiger partial charge in [-0.25, -0.2) is 4.39 Å². The summed E-state index contributed by atoms with van der Waals surface area (Å²) in [6.07, 6.45) is 0. The standard InChI is InChI=1S/C13H14BrFN2O/c1-7-3-4-13(18-7)8(2)17-12-5-9(14)10(15)6-11(12)16/h3-6,8,17H,16H2,1-2H3. The molecule has 0 saturated heterocycles. The van der Waals surface area contributed by atoms with Crippen molar-refractivity contribution in [2.45, 2.75) is 19.9 Å². The van der Waals surface area contributed by atoms with E-state index in [0.29, 0.717) is 15.8 Å². The third kappa shape index (κ3) is 2.67. The summed E-state index contributed by atoms with van der Waals surface area (Å²) < 4.78 is 19.1. The van der Waals surface area contributed by atoms with Gasteiger partial charge in [0.15, 0.2) is 0 Å². The molecule has 3 N–H and O–H groups in total. The Hall–Kier alpha value is -1.49. The van der Waals surface area contributed by atoms with Crippen molar-refractivity contribution in [2.75, 3.05) is 11.1 Å². The van der Waals surface area contributed by atoms with Gasteiger partial charge in [-0.15, -0.1) is 0 Å². The van der Waals surface area contributed by atoms with E-state index in [-0.39, 0.29) is 11.9 Å². The molecule has 1 unspecified atom stereocenters. The van der Waals surface area contributed by atoms with E-state index in [0.717, 1.165) is 11.5 Å². The highest BCUT2D eigenvalue weighted by Crippen LogP contribution is 2.30. The van der Waals surface area contributed by atoms with Gasteiger partial charge in [0, 0.05) is 6.07 Å². The van der Waals surface area contributed by atoms with Gasteiger partial charge < -0.3 is 15.5 Å². The maximum Gasteiger partial charge on any atom is 0.139 e. The maximum atomic E-state index is 13.3. The molecule has 0 bridgehead atoms. The van der Waals surface area contributed by atoms with Crippen molar-refractivity contribution in [1.82, 2.24) is 0 Å². The first-order valence-corrected chi connectivity index (χ1v) is 6.34. The number of benzene rings is 1. The van der Waals surface area contributed by atoms with E-state index in [1.807, 2.05) is 26.0 Å². The Morgan fingerprint density at radius 3 is 2.72 bits per heavy atom. The molecule has 1 aromatic heterocycles. The average molecular weight is 313 g/mol. The molecule has 0 fully saturated rings. The quantitative estimate of drug-likeness (QED) is 0.833. The minimum Gasteiger partial charge on any atom is -0.464 e. The number of nitrogen functional groups attached to an aromatic ring is 1. The van der Waals surface area contributed by atoms with Gasteiger partial charge in [-0.05, 0) is 48.0 Å². The summed E-state index contributed by atoms with van der Waals surface area (Å²) in [6.45, 7) is 3.84. The zero-order valence-corrected chi connectivity index (χ0v) is 11.7. The molecule has 1 atom stereocenters. The summed E-state index contributed by atoms with van der Waals surface area (Å²) in [5.74, 6) is 1.29. The molecule has 1 aromatic carbocycles. The lowest BCUT2D eigenvalue weighted by Gasteiger charge is -2.15. The molecule has 5 heteroatoms. The Morgan fingerprint density at radius 2 is 2.11 bits per heavy atom. The monoisotopic (exact) mass is 312 g/mol. The highest BCUT2D eigenvalue weighted by atomic mass is 79.9. The third-order valence-corrected chi connectivity index (χ3v) is 3.26. The number of rotatable bonds is 3. The first-order chi connectivity index (χ1) is 8.47. The number of anilines is 2. The molecule has 0 aliphatic rings. The Kier molecular flexibility index (Phi) is 3.61. The van der Waals surface area contributed by atoms with Crippen LogP contribution in [0.25, 0.3) is 0 Å². The maximum absolute atomic E-state index is 13.3. The van der Waals surface area contributed by atoms with Crippen LogP contribution in [0, 0.1) is 12.7 Å². The number of aryl methyl sites for hydroxylation is 1. The first-order valence-electron chi connectivity index (χ1n) is 5.54. The second-order valence-corrected chi connectivity index (χ2v) is 5.02. The van der Waals surface area contributed by atoms with Crippen LogP contribution in [0.3, 0.4) is 0 Å². The van der Waals surface area contributed by atoms with E-state index in [1.165, 1.54) is 6.07 Å². The van der Waals surface area contributed by atoms with Crippen molar-refractivity contribution >= 4 is 27.3 Å². The number of halogens is 2. The van der Waals surface area contributed by atoms with Gasteiger partial charge in [0.1, 0.15) is 17.3 Å². The molecule has 0 aliphatic carbocycles. The Morgan fingerprint density at radius 1 is 1.39 bits per heavy atom. The topological polar surface area (TPSA) is 51.2 Å². The molecule has 96 valence electrons. The summed E-state index contributed by atoms with van der Waals surface area (Å²) in [7, 11) is 0. The number of nitrogens with two attached hydrogens (primary N) is 1. The molecular weight excluding hydrogens is 299 g/mol. The molecular formula is C13H14BrFN2O. The molecule has 2 rings (SSSR count). The summed E-state index contributed by atoms with van der Waals surface area (Å²) in [4.78, 5) is 0. The molecule has 0 spiro atoms. The van der Waals surface area contributed by atoms with Crippen molar-refractivity contribution in [3.05, 3.63) is 46.1 Å². The van der Waals surface area contributed by atoms with Crippen molar-refractivity contribution in [3.63, 3.8) is 0 Å². The second-order valence-electron chi connectivity index (χ2n) is 4.17. The summed E-state index contributed by atoms with van der Waals surface area (Å²) in [5, 5.41) is 3.19. The Labute approximate surface area is 113 Å². The van der Waals surface area contributed by atoms with Crippen LogP contribution in [0.4, 0.5) is 15.8 Å². The van der Waals surface area contributed by atoms with Gasteiger partial charge in [-0.3, -0.25) is 0 Å². The lowest BCUT2D eigenvalue weighted by molar-refractivity contribution is 0.467. The third-order valence-electron chi connectivity index (χ3n) is 2.65. The van der Waals surface area contributed by atoms with Gasteiger partial charge >= 0.3 is 0 Å². The number of hydrogen-bond acceptors (Lipinski definition) is 3. The van der Waals surface area contributed by atoms with Gasteiger partial charge in [-0.2, -0.15) is 0 Å². The molecule has 0 radical (unpaired) electrons. The van der Waals surface area contributed by atoms with Gasteiger partial charge in [0.05, 0.1) is 21.9 Å². The molecule has 3 nitrogen and oxygen atoms in total. The zero-order chi connectivity index (χ0) is 13.3. The number of nitrogens with one attached hydrogen (secondary N) is 1. The fraction of sp³-hybridized carbons (Fsp3) is 0.231. The van der Waals surface area contributed by atoms with Gasteiger partial charge in [0.25, 0.3) is 0 Å². The fourth-order valence-corrected chi connectivity index (χ4v) is 2.02. The van der Waals surface area contributed by atoms with Crippen LogP contribution >= 0.6 is 15.9 Å². The summed E-state index contributed by atoms with van der Waals surface area (Å²) in [5.41, 5.74) is 6.81. The molecule has 18 heavy (non-hydrogen) atoms. The van der Waals surface area contributed by atoms with E-state index >= 15 is 0 Å². The predicted octanol–water partition coefficient (Wildman–Crippen LogP) is 4.24. The van der Waals surface area contributed by atoms with Crippen LogP contribution in [0.1, 0.15) is 24.5 Å². The summed E-state index contributed by atoms with van der Waals surface area (Å²) >= 11 is 3.14. The van der Waals surface area contributed by atoms with E-state index in [1.54, 1.807) is 6.07 Å². The molecule has 0 amide bonds. The van der Waals surface area contributed by atoms with Crippen LogP contribution in [0.5, 0.6) is 0 Å². The summed E-state index contributed by atoms with van der Waals surface area (Å²) in [6, 6.07) is 6.67. The SMILES string of the molecule is Cc1ccc(C(C)Nc2cc(Br)c(F)cc2N)o1. The first kappa shape index (κ1) is 13.0. The lowest BCUT2D eigenvalue weighted by atomic mass is 10.2. The van der Waals surface area contributed by atoms with Crippen LogP contribution in [0.15, 0.2) is 33.2 Å². The highest BCUT2D eigenvalue weighted by Gasteiger charge is 2.12. The molecule has 0 saturated carbocycles. The van der Waals surface area contributed by atoms with E-state index in [4.69, 9.17) is 10.2 Å². The van der Waals surface area contributed by atoms with Crippen LogP contribution in [-0.4, -0.2) is 0 Å². The highest BCUT2D eigenvalue weighted by molar-refractivity contribution is 9.10. The van der Waals surface area contributed by atoms with E-state index < -0.39 is 0 Å². The average Bonchev–Trinajstić information content (AvgIpc) is 2.73. The van der Waals surface area contributed by atoms with Crippen LogP contribution < -0.4 is 11.1 Å². The minimum atomic E-state index is -0.375. The van der Waals surface area contributed by atoms with Gasteiger partial charge in [-0.1, -0.05) is 0 Å². The van der Waals surface area contributed by atoms with E-state index in [2.05, 4.69) is 21.2 Å². The fourth-order valence-electron chi connectivity index (χ4n) is 1.68. The molecule has 1 heterocycles. The molecule has 0 aliphatic heterocycles. The van der Waals surface area contributed by atoms with Gasteiger partial charge in [0.2, 0.25) is 0 Å². The largest absolute Gasteiger partial charge is 0.464 e. The molecule has 2 aromatic rings. The number of furan rings is 1. The normalized spacial score (nSPS) is 12.4. The van der Waals surface area contributed by atoms with Crippen molar-refractivity contribution in [1.29, 1.82) is 0 Å². The second kappa shape index (κ2) is 5.02. The number of hydrogen-bond donors (Lipinski definition) is 2. The zero-order valence-electron chi connectivity index (χ0n) is 10.1. The Bertz CT molecular complexity index is 568. The van der Waals surface area contributed by atoms with Crippen LogP contribution in [-0.2, 0) is 0 Å². The van der Waals surface area contributed by atoms with Crippen molar-refractivity contribution in [3.8, 4) is 0 Å². The smallest absolute Gasteiger partial charge is 0.139 e. The minimum absolute atomic E-state index is 0.0432. The van der Waals surface area contributed by atoms with Crippen molar-refractivity contribution in [2.24, 2.45) is 0 Å². The Balaban J connectivity index is 2.21. The van der Waals surface area contributed by atoms with Crippen molar-refractivity contribution < 1.29 is 8.81 Å².